The van der Waals surface area contributed by atoms with Crippen LogP contribution in [0.3, 0.4) is 0 Å². The van der Waals surface area contributed by atoms with Gasteiger partial charge in [-0.25, -0.2) is 0 Å². The Kier molecular flexibility index (Phi) is 4.01. The molecule has 0 saturated heterocycles. The zero-order valence-corrected chi connectivity index (χ0v) is 10.7. The molecule has 1 nitrogen and oxygen atoms in total. The predicted molar refractivity (Wildman–Crippen MR) is 67.8 cm³/mol. The largest absolute Gasteiger partial charge is 0.375 e. The summed E-state index contributed by atoms with van der Waals surface area (Å²) in [6.45, 7) is 10.6. The Hall–Kier alpha value is -0.720. The Labute approximate surface area is 94.9 Å². The summed E-state index contributed by atoms with van der Waals surface area (Å²) < 4.78 is 0. The second-order valence-corrected chi connectivity index (χ2v) is 5.36. The minimum absolute atomic E-state index is 0.443. The second-order valence-electron chi connectivity index (χ2n) is 5.36. The SMILES string of the molecule is C=C/C(C)=C\N(C)C1(CC(C)C)CCC1. The molecule has 0 N–H and O–H groups in total. The van der Waals surface area contributed by atoms with E-state index in [9.17, 15) is 0 Å². The predicted octanol–water partition coefficient (Wildman–Crippen LogP) is 3.98. The van der Waals surface area contributed by atoms with Crippen LogP contribution in [0.1, 0.15) is 46.5 Å². The van der Waals surface area contributed by atoms with Crippen LogP contribution in [0.5, 0.6) is 0 Å². The molecule has 0 aromatic carbocycles. The van der Waals surface area contributed by atoms with Gasteiger partial charge in [0.25, 0.3) is 0 Å². The molecule has 1 heteroatoms. The van der Waals surface area contributed by atoms with Gasteiger partial charge in [0.05, 0.1) is 0 Å². The van der Waals surface area contributed by atoms with Crippen molar-refractivity contribution in [3.05, 3.63) is 24.4 Å². The highest BCUT2D eigenvalue weighted by Gasteiger charge is 2.39. The van der Waals surface area contributed by atoms with E-state index < -0.39 is 0 Å². The van der Waals surface area contributed by atoms with Crippen LogP contribution in [-0.2, 0) is 0 Å². The van der Waals surface area contributed by atoms with Crippen molar-refractivity contribution in [2.45, 2.75) is 52.0 Å². The van der Waals surface area contributed by atoms with Gasteiger partial charge in [0.15, 0.2) is 0 Å². The zero-order chi connectivity index (χ0) is 11.5. The lowest BCUT2D eigenvalue weighted by Crippen LogP contribution is -2.50. The van der Waals surface area contributed by atoms with Gasteiger partial charge in [-0.3, -0.25) is 0 Å². The number of allylic oxidation sites excluding steroid dienone is 2. The molecule has 1 saturated carbocycles. The molecule has 0 heterocycles. The number of rotatable bonds is 5. The molecule has 0 atom stereocenters. The van der Waals surface area contributed by atoms with Gasteiger partial charge in [0, 0.05) is 18.8 Å². The van der Waals surface area contributed by atoms with E-state index in [-0.39, 0.29) is 0 Å². The van der Waals surface area contributed by atoms with Crippen LogP contribution in [0.15, 0.2) is 24.4 Å². The molecule has 0 radical (unpaired) electrons. The normalized spacial score (nSPS) is 19.9. The highest BCUT2D eigenvalue weighted by Crippen LogP contribution is 2.42. The summed E-state index contributed by atoms with van der Waals surface area (Å²) in [5.74, 6) is 0.783. The van der Waals surface area contributed by atoms with Crippen molar-refractivity contribution in [1.29, 1.82) is 0 Å². The van der Waals surface area contributed by atoms with Crippen LogP contribution in [0.25, 0.3) is 0 Å². The van der Waals surface area contributed by atoms with Crippen LogP contribution in [0.4, 0.5) is 0 Å². The molecule has 0 unspecified atom stereocenters. The fourth-order valence-electron chi connectivity index (χ4n) is 2.54. The summed E-state index contributed by atoms with van der Waals surface area (Å²) in [5.41, 5.74) is 1.70. The van der Waals surface area contributed by atoms with Crippen LogP contribution < -0.4 is 0 Å². The lowest BCUT2D eigenvalue weighted by molar-refractivity contribution is 0.0548. The Morgan fingerprint density at radius 1 is 1.47 bits per heavy atom. The van der Waals surface area contributed by atoms with Gasteiger partial charge < -0.3 is 4.90 Å². The van der Waals surface area contributed by atoms with E-state index in [0.29, 0.717) is 5.54 Å². The average Bonchev–Trinajstić information content (AvgIpc) is 2.10. The molecule has 1 aliphatic carbocycles. The first kappa shape index (κ1) is 12.4. The zero-order valence-electron chi connectivity index (χ0n) is 10.7. The standard InChI is InChI=1S/C14H25N/c1-6-13(4)11-15(5)14(8-7-9-14)10-12(2)3/h6,11-12H,1,7-10H2,2-5H3/b13-11-. The summed E-state index contributed by atoms with van der Waals surface area (Å²) in [4.78, 5) is 2.42. The fraction of sp³-hybridized carbons (Fsp3) is 0.714. The molecule has 0 aliphatic heterocycles. The van der Waals surface area contributed by atoms with Gasteiger partial charge in [-0.15, -0.1) is 0 Å². The first-order chi connectivity index (χ1) is 7.00. The van der Waals surface area contributed by atoms with Crippen molar-refractivity contribution < 1.29 is 0 Å². The smallest absolute Gasteiger partial charge is 0.0396 e. The maximum atomic E-state index is 3.81. The first-order valence-corrected chi connectivity index (χ1v) is 6.04. The molecule has 86 valence electrons. The monoisotopic (exact) mass is 207 g/mol. The summed E-state index contributed by atoms with van der Waals surface area (Å²) in [6.07, 6.45) is 9.57. The maximum absolute atomic E-state index is 3.81. The minimum Gasteiger partial charge on any atom is -0.375 e. The van der Waals surface area contributed by atoms with Crippen LogP contribution in [0, 0.1) is 5.92 Å². The third-order valence-electron chi connectivity index (χ3n) is 3.54. The van der Waals surface area contributed by atoms with Crippen molar-refractivity contribution in [1.82, 2.24) is 4.90 Å². The Balaban J connectivity index is 2.69. The van der Waals surface area contributed by atoms with Crippen LogP contribution >= 0.6 is 0 Å². The number of hydrogen-bond acceptors (Lipinski definition) is 1. The number of nitrogens with zero attached hydrogens (tertiary/aromatic N) is 1. The molecular formula is C14H25N. The summed E-state index contributed by atoms with van der Waals surface area (Å²) >= 11 is 0. The van der Waals surface area contributed by atoms with E-state index in [1.165, 1.54) is 31.3 Å². The Morgan fingerprint density at radius 2 is 2.07 bits per heavy atom. The summed E-state index contributed by atoms with van der Waals surface area (Å²) in [6, 6.07) is 0. The van der Waals surface area contributed by atoms with E-state index in [4.69, 9.17) is 0 Å². The fourth-order valence-corrected chi connectivity index (χ4v) is 2.54. The third-order valence-corrected chi connectivity index (χ3v) is 3.54. The van der Waals surface area contributed by atoms with Gasteiger partial charge in [-0.2, -0.15) is 0 Å². The molecule has 0 aromatic rings. The van der Waals surface area contributed by atoms with E-state index in [2.05, 4.69) is 45.5 Å². The van der Waals surface area contributed by atoms with Gasteiger partial charge in [-0.05, 0) is 44.1 Å². The van der Waals surface area contributed by atoms with Crippen molar-refractivity contribution in [3.8, 4) is 0 Å². The molecular weight excluding hydrogens is 182 g/mol. The highest BCUT2D eigenvalue weighted by molar-refractivity contribution is 5.14. The van der Waals surface area contributed by atoms with Crippen LogP contribution in [-0.4, -0.2) is 17.5 Å². The van der Waals surface area contributed by atoms with Gasteiger partial charge >= 0.3 is 0 Å². The topological polar surface area (TPSA) is 3.24 Å². The first-order valence-electron chi connectivity index (χ1n) is 6.04. The van der Waals surface area contributed by atoms with Gasteiger partial charge in [0.2, 0.25) is 0 Å². The third kappa shape index (κ3) is 2.87. The molecule has 1 rings (SSSR count). The van der Waals surface area contributed by atoms with Gasteiger partial charge in [0.1, 0.15) is 0 Å². The Bertz CT molecular complexity index is 246. The van der Waals surface area contributed by atoms with Crippen molar-refractivity contribution in [3.63, 3.8) is 0 Å². The second kappa shape index (κ2) is 4.87. The molecule has 1 aliphatic rings. The highest BCUT2D eigenvalue weighted by atomic mass is 15.2. The van der Waals surface area contributed by atoms with Crippen molar-refractivity contribution in [2.75, 3.05) is 7.05 Å². The average molecular weight is 207 g/mol. The summed E-state index contributed by atoms with van der Waals surface area (Å²) in [7, 11) is 2.22. The van der Waals surface area contributed by atoms with Gasteiger partial charge in [-0.1, -0.05) is 26.5 Å². The Morgan fingerprint density at radius 3 is 2.40 bits per heavy atom. The van der Waals surface area contributed by atoms with Crippen molar-refractivity contribution in [2.24, 2.45) is 5.92 Å². The molecule has 1 fully saturated rings. The van der Waals surface area contributed by atoms with E-state index >= 15 is 0 Å². The summed E-state index contributed by atoms with van der Waals surface area (Å²) in [5, 5.41) is 0. The van der Waals surface area contributed by atoms with E-state index in [1.807, 2.05) is 6.08 Å². The number of hydrogen-bond donors (Lipinski definition) is 0. The van der Waals surface area contributed by atoms with E-state index in [1.54, 1.807) is 0 Å². The molecule has 0 aromatic heterocycles. The molecule has 0 bridgehead atoms. The molecule has 0 amide bonds. The molecule has 0 spiro atoms. The van der Waals surface area contributed by atoms with Crippen molar-refractivity contribution >= 4 is 0 Å². The lowest BCUT2D eigenvalue weighted by atomic mass is 9.71. The van der Waals surface area contributed by atoms with E-state index in [0.717, 1.165) is 5.92 Å². The maximum Gasteiger partial charge on any atom is 0.0396 e. The minimum atomic E-state index is 0.443. The lowest BCUT2D eigenvalue weighted by Gasteiger charge is -2.50. The molecule has 15 heavy (non-hydrogen) atoms. The van der Waals surface area contributed by atoms with Crippen LogP contribution in [0.2, 0.25) is 0 Å². The quantitative estimate of drug-likeness (QED) is 0.616.